The fraction of sp³-hybridized carbons (Fsp3) is 0.304. The van der Waals surface area contributed by atoms with E-state index in [9.17, 15) is 9.59 Å². The lowest BCUT2D eigenvalue weighted by atomic mass is 10.0. The van der Waals surface area contributed by atoms with Crippen LogP contribution in [0.25, 0.3) is 5.57 Å². The van der Waals surface area contributed by atoms with E-state index in [2.05, 4.69) is 11.9 Å². The summed E-state index contributed by atoms with van der Waals surface area (Å²) in [5, 5.41) is 0. The molecule has 2 aromatic rings. The molecule has 6 heteroatoms. The zero-order chi connectivity index (χ0) is 20.5. The lowest BCUT2D eigenvalue weighted by Crippen LogP contribution is -2.46. The van der Waals surface area contributed by atoms with Crippen LogP contribution < -0.4 is 9.64 Å². The van der Waals surface area contributed by atoms with Gasteiger partial charge >= 0.3 is 0 Å². The first kappa shape index (κ1) is 19.2. The number of rotatable bonds is 4. The maximum absolute atomic E-state index is 13.6. The average Bonchev–Trinajstić information content (AvgIpc) is 2.98. The van der Waals surface area contributed by atoms with Gasteiger partial charge < -0.3 is 14.5 Å². The fourth-order valence-electron chi connectivity index (χ4n) is 3.94. The van der Waals surface area contributed by atoms with E-state index in [-0.39, 0.29) is 11.8 Å². The molecule has 0 unspecified atom stereocenters. The molecule has 2 amide bonds. The molecule has 2 aliphatic rings. The summed E-state index contributed by atoms with van der Waals surface area (Å²) >= 11 is 0. The lowest BCUT2D eigenvalue weighted by Gasteiger charge is -2.34. The molecule has 0 spiro atoms. The molecule has 2 heterocycles. The summed E-state index contributed by atoms with van der Waals surface area (Å²) in [5.41, 5.74) is 3.12. The summed E-state index contributed by atoms with van der Waals surface area (Å²) in [6.07, 6.45) is 0. The van der Waals surface area contributed by atoms with Gasteiger partial charge in [-0.2, -0.15) is 0 Å². The van der Waals surface area contributed by atoms with Crippen molar-refractivity contribution < 1.29 is 14.3 Å². The Balaban J connectivity index is 1.85. The van der Waals surface area contributed by atoms with Crippen molar-refractivity contribution >= 4 is 23.1 Å². The minimum absolute atomic E-state index is 0.272. The summed E-state index contributed by atoms with van der Waals surface area (Å²) in [6.45, 7) is 5.03. The van der Waals surface area contributed by atoms with Crippen LogP contribution in [-0.2, 0) is 9.59 Å². The third-order valence-electron chi connectivity index (χ3n) is 5.52. The first-order valence-corrected chi connectivity index (χ1v) is 9.78. The number of methoxy groups -OCH3 is 1. The number of benzene rings is 2. The van der Waals surface area contributed by atoms with Crippen molar-refractivity contribution in [2.75, 3.05) is 45.2 Å². The van der Waals surface area contributed by atoms with Crippen LogP contribution in [0.2, 0.25) is 0 Å². The normalized spacial score (nSPS) is 18.0. The highest BCUT2D eigenvalue weighted by atomic mass is 16.5. The van der Waals surface area contributed by atoms with E-state index in [0.29, 0.717) is 41.4 Å². The van der Waals surface area contributed by atoms with Crippen molar-refractivity contribution in [2.45, 2.75) is 6.92 Å². The number of likely N-dealkylation sites (N-methyl/N-ethyl adjacent to an activating group) is 1. The van der Waals surface area contributed by atoms with E-state index in [1.54, 1.807) is 13.2 Å². The van der Waals surface area contributed by atoms with Gasteiger partial charge in [-0.1, -0.05) is 30.3 Å². The number of para-hydroxylation sites is 1. The van der Waals surface area contributed by atoms with Crippen LogP contribution in [0.4, 0.5) is 5.69 Å². The minimum Gasteiger partial charge on any atom is -0.496 e. The molecular formula is C23H25N3O3. The molecule has 4 rings (SSSR count). The van der Waals surface area contributed by atoms with E-state index in [1.165, 1.54) is 4.90 Å². The maximum Gasteiger partial charge on any atom is 0.282 e. The Morgan fingerprint density at radius 2 is 1.62 bits per heavy atom. The third-order valence-corrected chi connectivity index (χ3v) is 5.52. The van der Waals surface area contributed by atoms with Crippen LogP contribution in [0, 0.1) is 6.92 Å². The Morgan fingerprint density at radius 3 is 2.31 bits per heavy atom. The lowest BCUT2D eigenvalue weighted by molar-refractivity contribution is -0.120. The molecule has 2 aromatic carbocycles. The number of imide groups is 1. The summed E-state index contributed by atoms with van der Waals surface area (Å²) in [4.78, 5) is 32.7. The Morgan fingerprint density at radius 1 is 0.897 bits per heavy atom. The molecule has 0 aliphatic carbocycles. The van der Waals surface area contributed by atoms with Gasteiger partial charge in [0.15, 0.2) is 0 Å². The number of carbonyl (C=O) groups excluding carboxylic acids is 2. The van der Waals surface area contributed by atoms with Crippen molar-refractivity contribution in [3.8, 4) is 5.75 Å². The Kier molecular flexibility index (Phi) is 5.11. The van der Waals surface area contributed by atoms with Gasteiger partial charge in [-0.25, -0.2) is 4.90 Å². The molecule has 0 bridgehead atoms. The quantitative estimate of drug-likeness (QED) is 0.750. The third kappa shape index (κ3) is 3.40. The van der Waals surface area contributed by atoms with Crippen molar-refractivity contribution in [1.82, 2.24) is 9.80 Å². The predicted octanol–water partition coefficient (Wildman–Crippen LogP) is 2.54. The number of hydrogen-bond donors (Lipinski definition) is 0. The molecule has 150 valence electrons. The highest BCUT2D eigenvalue weighted by Crippen LogP contribution is 2.38. The number of ether oxygens (including phenoxy) is 1. The highest BCUT2D eigenvalue weighted by molar-refractivity contribution is 6.45. The van der Waals surface area contributed by atoms with Gasteiger partial charge in [0.25, 0.3) is 11.8 Å². The topological polar surface area (TPSA) is 53.1 Å². The monoisotopic (exact) mass is 391 g/mol. The van der Waals surface area contributed by atoms with Crippen LogP contribution >= 0.6 is 0 Å². The van der Waals surface area contributed by atoms with Gasteiger partial charge in [-0.3, -0.25) is 9.59 Å². The molecule has 0 atom stereocenters. The van der Waals surface area contributed by atoms with Gasteiger partial charge in [0.2, 0.25) is 0 Å². The number of hydrogen-bond acceptors (Lipinski definition) is 5. The smallest absolute Gasteiger partial charge is 0.282 e. The average molecular weight is 391 g/mol. The molecular weight excluding hydrogens is 366 g/mol. The number of aryl methyl sites for hydroxylation is 1. The zero-order valence-electron chi connectivity index (χ0n) is 17.0. The summed E-state index contributed by atoms with van der Waals surface area (Å²) < 4.78 is 5.51. The zero-order valence-corrected chi connectivity index (χ0v) is 17.0. The molecule has 6 nitrogen and oxygen atoms in total. The maximum atomic E-state index is 13.6. The van der Waals surface area contributed by atoms with Gasteiger partial charge in [0, 0.05) is 31.7 Å². The number of nitrogens with zero attached hydrogens (tertiary/aromatic N) is 3. The second-order valence-corrected chi connectivity index (χ2v) is 7.50. The molecule has 0 radical (unpaired) electrons. The summed E-state index contributed by atoms with van der Waals surface area (Å²) in [7, 11) is 3.64. The van der Waals surface area contributed by atoms with Gasteiger partial charge in [0.05, 0.1) is 18.4 Å². The Hall–Kier alpha value is -3.12. The molecule has 0 aromatic heterocycles. The second-order valence-electron chi connectivity index (χ2n) is 7.50. The van der Waals surface area contributed by atoms with Crippen molar-refractivity contribution in [1.29, 1.82) is 0 Å². The molecule has 1 saturated heterocycles. The van der Waals surface area contributed by atoms with Crippen molar-refractivity contribution in [3.63, 3.8) is 0 Å². The molecule has 0 saturated carbocycles. The van der Waals surface area contributed by atoms with Gasteiger partial charge in [-0.05, 0) is 37.7 Å². The number of carbonyl (C=O) groups is 2. The van der Waals surface area contributed by atoms with E-state index >= 15 is 0 Å². The molecule has 2 aliphatic heterocycles. The van der Waals surface area contributed by atoms with Crippen LogP contribution in [0.3, 0.4) is 0 Å². The first-order valence-electron chi connectivity index (χ1n) is 9.78. The van der Waals surface area contributed by atoms with E-state index < -0.39 is 0 Å². The number of amides is 2. The molecule has 29 heavy (non-hydrogen) atoms. The highest BCUT2D eigenvalue weighted by Gasteiger charge is 2.43. The van der Waals surface area contributed by atoms with Gasteiger partial charge in [-0.15, -0.1) is 0 Å². The van der Waals surface area contributed by atoms with Gasteiger partial charge in [0.1, 0.15) is 11.4 Å². The SMILES string of the molecule is COc1ccccc1C1=C(N2CCN(C)CC2)C(=O)N(c2cccc(C)c2)C1=O. The first-order chi connectivity index (χ1) is 14.0. The summed E-state index contributed by atoms with van der Waals surface area (Å²) in [6, 6.07) is 14.9. The van der Waals surface area contributed by atoms with E-state index in [1.807, 2.05) is 54.3 Å². The van der Waals surface area contributed by atoms with Crippen LogP contribution in [0.15, 0.2) is 54.2 Å². The standard InChI is InChI=1S/C23H25N3O3/c1-16-7-6-8-17(15-16)26-22(27)20(18-9-4-5-10-19(18)29-3)21(23(26)28)25-13-11-24(2)12-14-25/h4-10,15H,11-14H2,1-3H3. The van der Waals surface area contributed by atoms with Crippen molar-refractivity contribution in [3.05, 3.63) is 65.4 Å². The van der Waals surface area contributed by atoms with Crippen LogP contribution in [-0.4, -0.2) is 62.0 Å². The van der Waals surface area contributed by atoms with Crippen molar-refractivity contribution in [2.24, 2.45) is 0 Å². The Labute approximate surface area is 171 Å². The molecule has 0 N–H and O–H groups in total. The largest absolute Gasteiger partial charge is 0.496 e. The number of piperazine rings is 1. The molecule has 1 fully saturated rings. The Bertz CT molecular complexity index is 990. The van der Waals surface area contributed by atoms with Crippen LogP contribution in [0.5, 0.6) is 5.75 Å². The fourth-order valence-corrected chi connectivity index (χ4v) is 3.94. The summed E-state index contributed by atoms with van der Waals surface area (Å²) in [5.74, 6) is 0.00598. The van der Waals surface area contributed by atoms with E-state index in [0.717, 1.165) is 18.7 Å². The van der Waals surface area contributed by atoms with E-state index in [4.69, 9.17) is 4.74 Å². The predicted molar refractivity (Wildman–Crippen MR) is 113 cm³/mol. The number of anilines is 1. The van der Waals surface area contributed by atoms with Crippen LogP contribution in [0.1, 0.15) is 11.1 Å². The second kappa shape index (κ2) is 7.72. The minimum atomic E-state index is -0.306.